The molecule has 1 saturated heterocycles. The first-order chi connectivity index (χ1) is 11.2. The fourth-order valence-corrected chi connectivity index (χ4v) is 3.05. The third kappa shape index (κ3) is 4.56. The van der Waals surface area contributed by atoms with Crippen molar-refractivity contribution in [2.45, 2.75) is 59.1 Å². The molecule has 1 aliphatic rings. The highest BCUT2D eigenvalue weighted by atomic mass is 16.6. The summed E-state index contributed by atoms with van der Waals surface area (Å²) in [5, 5.41) is 3.60. The molecule has 1 heterocycles. The molecule has 0 aliphatic carbocycles. The maximum atomic E-state index is 12.1. The fraction of sp³-hybridized carbons (Fsp3) is 0.632. The third-order valence-corrected chi connectivity index (χ3v) is 4.31. The second-order valence-corrected chi connectivity index (χ2v) is 7.47. The van der Waals surface area contributed by atoms with E-state index in [0.29, 0.717) is 19.1 Å². The van der Waals surface area contributed by atoms with Crippen LogP contribution in [0.1, 0.15) is 44.7 Å². The Bertz CT molecular complexity index is 585. The highest BCUT2D eigenvalue weighted by molar-refractivity contribution is 5.68. The topological polar surface area (TPSA) is 50.8 Å². The molecule has 134 valence electrons. The Hall–Kier alpha value is -1.91. The molecule has 1 aromatic carbocycles. The van der Waals surface area contributed by atoms with Gasteiger partial charge in [0.05, 0.1) is 7.11 Å². The van der Waals surface area contributed by atoms with E-state index < -0.39 is 5.60 Å². The average Bonchev–Trinajstić information content (AvgIpc) is 2.50. The van der Waals surface area contributed by atoms with Gasteiger partial charge in [-0.3, -0.25) is 0 Å². The highest BCUT2D eigenvalue weighted by Crippen LogP contribution is 2.30. The summed E-state index contributed by atoms with van der Waals surface area (Å²) >= 11 is 0. The minimum absolute atomic E-state index is 0.214. The second kappa shape index (κ2) is 7.32. The number of nitrogens with zero attached hydrogens (tertiary/aromatic N) is 1. The monoisotopic (exact) mass is 334 g/mol. The number of carbonyl (C=O) groups is 1. The summed E-state index contributed by atoms with van der Waals surface area (Å²) in [6, 6.07) is 4.53. The van der Waals surface area contributed by atoms with Crippen molar-refractivity contribution in [1.29, 1.82) is 0 Å². The molecular weight excluding hydrogens is 304 g/mol. The maximum Gasteiger partial charge on any atom is 0.410 e. The highest BCUT2D eigenvalue weighted by Gasteiger charge is 2.27. The Morgan fingerprint density at radius 3 is 2.38 bits per heavy atom. The van der Waals surface area contributed by atoms with Crippen LogP contribution in [0.15, 0.2) is 12.1 Å². The first-order valence-electron chi connectivity index (χ1n) is 8.60. The third-order valence-electron chi connectivity index (χ3n) is 4.31. The van der Waals surface area contributed by atoms with Gasteiger partial charge in [-0.25, -0.2) is 4.79 Å². The van der Waals surface area contributed by atoms with E-state index in [2.05, 4.69) is 31.3 Å². The molecule has 0 unspecified atom stereocenters. The fourth-order valence-electron chi connectivity index (χ4n) is 3.05. The molecule has 0 spiro atoms. The first kappa shape index (κ1) is 18.4. The maximum absolute atomic E-state index is 12.1. The second-order valence-electron chi connectivity index (χ2n) is 7.47. The van der Waals surface area contributed by atoms with Gasteiger partial charge >= 0.3 is 6.09 Å². The van der Waals surface area contributed by atoms with Crippen molar-refractivity contribution in [3.63, 3.8) is 0 Å². The number of ether oxygens (including phenoxy) is 2. The Balaban J connectivity index is 1.93. The van der Waals surface area contributed by atoms with E-state index in [1.165, 1.54) is 0 Å². The number of amides is 1. The van der Waals surface area contributed by atoms with Crippen LogP contribution in [0, 0.1) is 13.8 Å². The van der Waals surface area contributed by atoms with Crippen LogP contribution < -0.4 is 10.1 Å². The predicted molar refractivity (Wildman–Crippen MR) is 96.9 cm³/mol. The number of rotatable bonds is 3. The van der Waals surface area contributed by atoms with Crippen LogP contribution >= 0.6 is 0 Å². The lowest BCUT2D eigenvalue weighted by molar-refractivity contribution is 0.0210. The van der Waals surface area contributed by atoms with Gasteiger partial charge in [-0.05, 0) is 59.1 Å². The van der Waals surface area contributed by atoms with E-state index in [0.717, 1.165) is 35.4 Å². The molecule has 0 aromatic heterocycles. The number of piperidine rings is 1. The van der Waals surface area contributed by atoms with Gasteiger partial charge in [0.25, 0.3) is 0 Å². The Morgan fingerprint density at radius 2 is 1.83 bits per heavy atom. The summed E-state index contributed by atoms with van der Waals surface area (Å²) in [5.74, 6) is 0.936. The molecule has 0 saturated carbocycles. The van der Waals surface area contributed by atoms with Crippen LogP contribution in [0.3, 0.4) is 0 Å². The van der Waals surface area contributed by atoms with Gasteiger partial charge in [-0.15, -0.1) is 0 Å². The van der Waals surface area contributed by atoms with Gasteiger partial charge in [0.15, 0.2) is 0 Å². The first-order valence-corrected chi connectivity index (χ1v) is 8.60. The number of anilines is 1. The lowest BCUT2D eigenvalue weighted by atomic mass is 10.0. The number of likely N-dealkylation sites (tertiary alicyclic amines) is 1. The van der Waals surface area contributed by atoms with E-state index in [1.807, 2.05) is 20.8 Å². The zero-order valence-electron chi connectivity index (χ0n) is 15.7. The standard InChI is InChI=1S/C19H30N2O3/c1-13-7-8-16(14(2)17(13)23-6)20-15-9-11-21(12-10-15)18(22)24-19(3,4)5/h7-8,15,20H,9-12H2,1-6H3. The predicted octanol–water partition coefficient (Wildman–Crippen LogP) is 4.12. The van der Waals surface area contributed by atoms with Crippen LogP contribution in [0.25, 0.3) is 0 Å². The van der Waals surface area contributed by atoms with Gasteiger partial charge < -0.3 is 19.7 Å². The van der Waals surface area contributed by atoms with E-state index in [-0.39, 0.29) is 6.09 Å². The zero-order chi connectivity index (χ0) is 17.9. The molecule has 1 aliphatic heterocycles. The molecule has 24 heavy (non-hydrogen) atoms. The van der Waals surface area contributed by atoms with E-state index in [9.17, 15) is 4.79 Å². The largest absolute Gasteiger partial charge is 0.496 e. The van der Waals surface area contributed by atoms with Crippen molar-refractivity contribution in [2.75, 3.05) is 25.5 Å². The Kier molecular flexibility index (Phi) is 5.62. The van der Waals surface area contributed by atoms with Crippen molar-refractivity contribution >= 4 is 11.8 Å². The summed E-state index contributed by atoms with van der Waals surface area (Å²) in [6.07, 6.45) is 1.61. The molecule has 0 bridgehead atoms. The quantitative estimate of drug-likeness (QED) is 0.903. The molecular formula is C19H30N2O3. The molecule has 2 rings (SSSR count). The molecule has 1 amide bonds. The van der Waals surface area contributed by atoms with E-state index >= 15 is 0 Å². The summed E-state index contributed by atoms with van der Waals surface area (Å²) in [4.78, 5) is 13.9. The summed E-state index contributed by atoms with van der Waals surface area (Å²) in [6.45, 7) is 11.2. The Labute approximate surface area is 145 Å². The number of methoxy groups -OCH3 is 1. The molecule has 5 heteroatoms. The van der Waals surface area contributed by atoms with Gasteiger partial charge in [0.1, 0.15) is 11.4 Å². The smallest absolute Gasteiger partial charge is 0.410 e. The van der Waals surface area contributed by atoms with Crippen molar-refractivity contribution in [3.8, 4) is 5.75 Å². The van der Waals surface area contributed by atoms with Gasteiger partial charge in [-0.1, -0.05) is 6.07 Å². The lowest BCUT2D eigenvalue weighted by Crippen LogP contribution is -2.44. The lowest BCUT2D eigenvalue weighted by Gasteiger charge is -2.34. The van der Waals surface area contributed by atoms with Crippen LogP contribution in [0.2, 0.25) is 0 Å². The molecule has 1 aromatic rings. The van der Waals surface area contributed by atoms with Crippen LogP contribution in [0.4, 0.5) is 10.5 Å². The summed E-state index contributed by atoms with van der Waals surface area (Å²) in [5.41, 5.74) is 2.93. The van der Waals surface area contributed by atoms with Crippen LogP contribution in [-0.2, 0) is 4.74 Å². The number of benzene rings is 1. The van der Waals surface area contributed by atoms with Gasteiger partial charge in [0, 0.05) is 30.4 Å². The SMILES string of the molecule is COc1c(C)ccc(NC2CCN(C(=O)OC(C)(C)C)CC2)c1C. The number of hydrogen-bond acceptors (Lipinski definition) is 4. The van der Waals surface area contributed by atoms with Crippen molar-refractivity contribution in [2.24, 2.45) is 0 Å². The molecule has 0 atom stereocenters. The van der Waals surface area contributed by atoms with Crippen molar-refractivity contribution < 1.29 is 14.3 Å². The van der Waals surface area contributed by atoms with Gasteiger partial charge in [-0.2, -0.15) is 0 Å². The molecule has 1 N–H and O–H groups in total. The van der Waals surface area contributed by atoms with Gasteiger partial charge in [0.2, 0.25) is 0 Å². The molecule has 5 nitrogen and oxygen atoms in total. The summed E-state index contributed by atoms with van der Waals surface area (Å²) < 4.78 is 10.9. The number of carbonyl (C=O) groups excluding carboxylic acids is 1. The normalized spacial score (nSPS) is 16.0. The summed E-state index contributed by atoms with van der Waals surface area (Å²) in [7, 11) is 1.71. The van der Waals surface area contributed by atoms with Crippen LogP contribution in [-0.4, -0.2) is 42.8 Å². The molecule has 1 fully saturated rings. The average molecular weight is 334 g/mol. The number of aryl methyl sites for hydroxylation is 1. The number of hydrogen-bond donors (Lipinski definition) is 1. The Morgan fingerprint density at radius 1 is 1.21 bits per heavy atom. The van der Waals surface area contributed by atoms with Crippen LogP contribution in [0.5, 0.6) is 5.75 Å². The minimum atomic E-state index is -0.443. The number of nitrogens with one attached hydrogen (secondary N) is 1. The zero-order valence-corrected chi connectivity index (χ0v) is 15.7. The van der Waals surface area contributed by atoms with Crippen molar-refractivity contribution in [3.05, 3.63) is 23.3 Å². The minimum Gasteiger partial charge on any atom is -0.496 e. The molecule has 0 radical (unpaired) electrons. The van der Waals surface area contributed by atoms with E-state index in [4.69, 9.17) is 9.47 Å². The van der Waals surface area contributed by atoms with Crippen molar-refractivity contribution in [1.82, 2.24) is 4.90 Å². The van der Waals surface area contributed by atoms with E-state index in [1.54, 1.807) is 12.0 Å².